The van der Waals surface area contributed by atoms with Gasteiger partial charge in [0.15, 0.2) is 0 Å². The standard InChI is InChI=1S/C16H13F9N2O/c1-2-27-12-4-3-9(26(7-14(17,18)19)8-15(20,21)22)5-10(12)11(6-13(27)28)16(23,24)25/h3-6H,2,7-8H2,1H3. The molecule has 0 N–H and O–H groups in total. The highest BCUT2D eigenvalue weighted by atomic mass is 19.4. The second kappa shape index (κ2) is 7.21. The first-order valence-corrected chi connectivity index (χ1v) is 7.75. The molecule has 3 nitrogen and oxygen atoms in total. The Kier molecular flexibility index (Phi) is 5.64. The lowest BCUT2D eigenvalue weighted by Gasteiger charge is -2.27. The quantitative estimate of drug-likeness (QED) is 0.653. The second-order valence-corrected chi connectivity index (χ2v) is 5.93. The van der Waals surface area contributed by atoms with E-state index in [4.69, 9.17) is 0 Å². The minimum Gasteiger partial charge on any atom is -0.353 e. The van der Waals surface area contributed by atoms with E-state index >= 15 is 0 Å². The minimum absolute atomic E-state index is 0.0400. The number of rotatable bonds is 4. The van der Waals surface area contributed by atoms with Crippen LogP contribution in [0, 0.1) is 0 Å². The van der Waals surface area contributed by atoms with Gasteiger partial charge in [-0.3, -0.25) is 4.79 Å². The number of benzene rings is 1. The molecule has 2 rings (SSSR count). The van der Waals surface area contributed by atoms with Crippen LogP contribution in [0.5, 0.6) is 0 Å². The van der Waals surface area contributed by atoms with Gasteiger partial charge >= 0.3 is 18.5 Å². The van der Waals surface area contributed by atoms with Crippen molar-refractivity contribution in [3.8, 4) is 0 Å². The number of fused-ring (bicyclic) bond motifs is 1. The van der Waals surface area contributed by atoms with Crippen molar-refractivity contribution in [3.05, 3.63) is 40.2 Å². The minimum atomic E-state index is -5.03. The maximum Gasteiger partial charge on any atom is 0.417 e. The molecule has 156 valence electrons. The molecule has 0 aliphatic rings. The molecule has 0 radical (unpaired) electrons. The molecule has 12 heteroatoms. The Morgan fingerprint density at radius 3 is 1.86 bits per heavy atom. The van der Waals surface area contributed by atoms with Gasteiger partial charge in [0.2, 0.25) is 0 Å². The third kappa shape index (κ3) is 5.10. The number of alkyl halides is 9. The second-order valence-electron chi connectivity index (χ2n) is 5.93. The number of nitrogens with zero attached hydrogens (tertiary/aromatic N) is 2. The van der Waals surface area contributed by atoms with Crippen molar-refractivity contribution in [2.45, 2.75) is 32.0 Å². The van der Waals surface area contributed by atoms with Gasteiger partial charge in [-0.2, -0.15) is 39.5 Å². The van der Waals surface area contributed by atoms with Gasteiger partial charge in [0.05, 0.1) is 11.1 Å². The maximum atomic E-state index is 13.3. The van der Waals surface area contributed by atoms with Crippen molar-refractivity contribution in [1.82, 2.24) is 4.57 Å². The lowest BCUT2D eigenvalue weighted by Crippen LogP contribution is -2.40. The van der Waals surface area contributed by atoms with Crippen LogP contribution in [-0.4, -0.2) is 30.0 Å². The zero-order valence-corrected chi connectivity index (χ0v) is 14.1. The molecular weight excluding hydrogens is 407 g/mol. The van der Waals surface area contributed by atoms with Crippen LogP contribution >= 0.6 is 0 Å². The SMILES string of the molecule is CCn1c(=O)cc(C(F)(F)F)c2cc(N(CC(F)(F)F)CC(F)(F)F)ccc21. The van der Waals surface area contributed by atoms with Gasteiger partial charge < -0.3 is 9.47 Å². The first-order valence-electron chi connectivity index (χ1n) is 7.75. The number of halogens is 9. The molecule has 0 aliphatic carbocycles. The van der Waals surface area contributed by atoms with E-state index in [1.807, 2.05) is 0 Å². The van der Waals surface area contributed by atoms with Crippen LogP contribution in [0.4, 0.5) is 45.2 Å². The number of aryl methyl sites for hydroxylation is 1. The molecule has 0 atom stereocenters. The van der Waals surface area contributed by atoms with Crippen LogP contribution in [0.25, 0.3) is 10.9 Å². The van der Waals surface area contributed by atoms with Gasteiger partial charge in [-0.1, -0.05) is 0 Å². The Labute approximate surface area is 152 Å². The van der Waals surface area contributed by atoms with Crippen molar-refractivity contribution in [3.63, 3.8) is 0 Å². The summed E-state index contributed by atoms with van der Waals surface area (Å²) in [7, 11) is 0. The highest BCUT2D eigenvalue weighted by molar-refractivity contribution is 5.86. The van der Waals surface area contributed by atoms with Crippen molar-refractivity contribution in [2.24, 2.45) is 0 Å². The predicted octanol–water partition coefficient (Wildman–Crippen LogP) is 4.97. The van der Waals surface area contributed by atoms with Crippen LogP contribution < -0.4 is 10.5 Å². The summed E-state index contributed by atoms with van der Waals surface area (Å²) in [5, 5.41) is -0.666. The molecule has 0 spiro atoms. The first-order chi connectivity index (χ1) is 12.6. The fraction of sp³-hybridized carbons (Fsp3) is 0.438. The molecule has 0 bridgehead atoms. The van der Waals surface area contributed by atoms with Crippen LogP contribution in [0.3, 0.4) is 0 Å². The third-order valence-corrected chi connectivity index (χ3v) is 3.82. The summed E-state index contributed by atoms with van der Waals surface area (Å²) in [6.07, 6.45) is -15.1. The molecule has 1 heterocycles. The topological polar surface area (TPSA) is 25.2 Å². The monoisotopic (exact) mass is 420 g/mol. The molecule has 0 saturated carbocycles. The van der Waals surface area contributed by atoms with Gasteiger partial charge in [0.25, 0.3) is 5.56 Å². The lowest BCUT2D eigenvalue weighted by molar-refractivity contribution is -0.138. The number of anilines is 1. The van der Waals surface area contributed by atoms with E-state index in [1.54, 1.807) is 0 Å². The fourth-order valence-corrected chi connectivity index (χ4v) is 2.80. The first kappa shape index (κ1) is 21.9. The van der Waals surface area contributed by atoms with Gasteiger partial charge in [0, 0.05) is 23.7 Å². The Hall–Kier alpha value is -2.40. The predicted molar refractivity (Wildman–Crippen MR) is 83.2 cm³/mol. The molecule has 2 aromatic rings. The average Bonchev–Trinajstić information content (AvgIpc) is 2.49. The maximum absolute atomic E-state index is 13.3. The van der Waals surface area contributed by atoms with Crippen LogP contribution in [-0.2, 0) is 12.7 Å². The van der Waals surface area contributed by atoms with E-state index in [9.17, 15) is 44.3 Å². The Morgan fingerprint density at radius 2 is 1.43 bits per heavy atom. The Bertz CT molecular complexity index is 894. The summed E-state index contributed by atoms with van der Waals surface area (Å²) >= 11 is 0. The lowest BCUT2D eigenvalue weighted by atomic mass is 10.1. The number of hydrogen-bond donors (Lipinski definition) is 0. The van der Waals surface area contributed by atoms with Crippen LogP contribution in [0.2, 0.25) is 0 Å². The summed E-state index contributed by atoms with van der Waals surface area (Å²) in [5.41, 5.74) is -3.37. The molecule has 28 heavy (non-hydrogen) atoms. The van der Waals surface area contributed by atoms with Crippen molar-refractivity contribution < 1.29 is 39.5 Å². The van der Waals surface area contributed by atoms with Crippen molar-refractivity contribution >= 4 is 16.6 Å². The number of pyridine rings is 1. The van der Waals surface area contributed by atoms with Crippen molar-refractivity contribution in [2.75, 3.05) is 18.0 Å². The van der Waals surface area contributed by atoms with E-state index in [-0.39, 0.29) is 23.0 Å². The molecule has 1 aromatic heterocycles. The Balaban J connectivity index is 2.74. The van der Waals surface area contributed by atoms with Gasteiger partial charge in [0.1, 0.15) is 13.1 Å². The normalized spacial score (nSPS) is 13.2. The van der Waals surface area contributed by atoms with Crippen molar-refractivity contribution in [1.29, 1.82) is 0 Å². The van der Waals surface area contributed by atoms with E-state index in [2.05, 4.69) is 0 Å². The highest BCUT2D eigenvalue weighted by Crippen LogP contribution is 2.36. The largest absolute Gasteiger partial charge is 0.417 e. The molecular formula is C16H13F9N2O. The van der Waals surface area contributed by atoms with Crippen LogP contribution in [0.1, 0.15) is 12.5 Å². The van der Waals surface area contributed by atoms with E-state index in [1.165, 1.54) is 6.92 Å². The fourth-order valence-electron chi connectivity index (χ4n) is 2.80. The number of hydrogen-bond acceptors (Lipinski definition) is 2. The van der Waals surface area contributed by atoms with Crippen LogP contribution in [0.15, 0.2) is 29.1 Å². The molecule has 1 aromatic carbocycles. The average molecular weight is 420 g/mol. The summed E-state index contributed by atoms with van der Waals surface area (Å²) < 4.78 is 117. The zero-order valence-electron chi connectivity index (χ0n) is 14.1. The molecule has 0 amide bonds. The van der Waals surface area contributed by atoms with Gasteiger partial charge in [-0.25, -0.2) is 0 Å². The summed E-state index contributed by atoms with van der Waals surface area (Å²) in [4.78, 5) is 11.8. The zero-order chi connectivity index (χ0) is 21.5. The van der Waals surface area contributed by atoms with E-state index in [0.29, 0.717) is 6.07 Å². The molecule has 0 unspecified atom stereocenters. The highest BCUT2D eigenvalue weighted by Gasteiger charge is 2.38. The Morgan fingerprint density at radius 1 is 0.893 bits per heavy atom. The smallest absolute Gasteiger partial charge is 0.353 e. The molecule has 0 fully saturated rings. The van der Waals surface area contributed by atoms with Gasteiger partial charge in [-0.05, 0) is 25.1 Å². The molecule has 0 saturated heterocycles. The van der Waals surface area contributed by atoms with E-state index in [0.717, 1.165) is 16.7 Å². The van der Waals surface area contributed by atoms with E-state index < -0.39 is 53.8 Å². The summed E-state index contributed by atoms with van der Waals surface area (Å²) in [5.74, 6) is 0. The third-order valence-electron chi connectivity index (χ3n) is 3.82. The number of aromatic nitrogens is 1. The van der Waals surface area contributed by atoms with Gasteiger partial charge in [-0.15, -0.1) is 0 Å². The molecule has 0 aliphatic heterocycles. The summed E-state index contributed by atoms with van der Waals surface area (Å²) in [6.45, 7) is -2.59. The summed E-state index contributed by atoms with van der Waals surface area (Å²) in [6, 6.07) is 2.59.